The van der Waals surface area contributed by atoms with Gasteiger partial charge in [0.25, 0.3) is 11.8 Å². The first-order chi connectivity index (χ1) is 17.0. The van der Waals surface area contributed by atoms with Crippen LogP contribution in [0.2, 0.25) is 0 Å². The number of ketones is 1. The van der Waals surface area contributed by atoms with Gasteiger partial charge in [-0.15, -0.1) is 5.10 Å². The first-order valence-corrected chi connectivity index (χ1v) is 12.2. The predicted molar refractivity (Wildman–Crippen MR) is 126 cm³/mol. The number of benzene rings is 1. The molecule has 0 bridgehead atoms. The van der Waals surface area contributed by atoms with Crippen LogP contribution in [0.25, 0.3) is 0 Å². The number of rotatable bonds is 11. The number of ether oxygens (including phenoxy) is 1. The third kappa shape index (κ3) is 6.45. The molecule has 35 heavy (non-hydrogen) atoms. The molecule has 1 aromatic carbocycles. The minimum atomic E-state index is -0.956. The zero-order valence-corrected chi connectivity index (χ0v) is 19.9. The molecule has 2 amide bonds. The summed E-state index contributed by atoms with van der Waals surface area (Å²) in [6, 6.07) is 7.56. The summed E-state index contributed by atoms with van der Waals surface area (Å²) in [5.41, 5.74) is 0.530. The third-order valence-electron chi connectivity index (χ3n) is 6.64. The summed E-state index contributed by atoms with van der Waals surface area (Å²) in [6.07, 6.45) is 5.28. The highest BCUT2D eigenvalue weighted by atomic mass is 16.5. The average molecular weight is 485 g/mol. The molecule has 10 nitrogen and oxygen atoms in total. The standard InChI is InChI=1S/C25H32N4O6/c1-34-14-13-20(21(30)24-28-29(25(33)35-24)15-16-11-12-16)27-23(32)18-9-5-6-10-19(18)26-22(31)17-7-3-2-4-8-17/h2-4,7-8,16,18-20H,5-6,9-15H2,1H3,(H,26,31)(H,27,32)/t18-,19+,20+/m1/s1. The van der Waals surface area contributed by atoms with Gasteiger partial charge in [0.05, 0.1) is 18.5 Å². The molecule has 3 atom stereocenters. The number of hydrogen-bond donors (Lipinski definition) is 2. The van der Waals surface area contributed by atoms with Crippen LogP contribution in [0.5, 0.6) is 0 Å². The molecule has 1 heterocycles. The minimum absolute atomic E-state index is 0.202. The summed E-state index contributed by atoms with van der Waals surface area (Å²) in [6.45, 7) is 0.651. The zero-order chi connectivity index (χ0) is 24.8. The van der Waals surface area contributed by atoms with Gasteiger partial charge >= 0.3 is 5.76 Å². The lowest BCUT2D eigenvalue weighted by Crippen LogP contribution is -2.52. The third-order valence-corrected chi connectivity index (χ3v) is 6.64. The van der Waals surface area contributed by atoms with Gasteiger partial charge < -0.3 is 19.8 Å². The molecule has 4 rings (SSSR count). The smallest absolute Gasteiger partial charge is 0.385 e. The van der Waals surface area contributed by atoms with Crippen LogP contribution < -0.4 is 16.4 Å². The zero-order valence-electron chi connectivity index (χ0n) is 19.9. The van der Waals surface area contributed by atoms with E-state index in [0.29, 0.717) is 30.9 Å². The molecule has 2 aromatic rings. The van der Waals surface area contributed by atoms with Crippen LogP contribution in [0.3, 0.4) is 0 Å². The van der Waals surface area contributed by atoms with Crippen molar-refractivity contribution in [2.75, 3.05) is 13.7 Å². The molecule has 0 radical (unpaired) electrons. The van der Waals surface area contributed by atoms with E-state index < -0.39 is 23.5 Å². The first-order valence-electron chi connectivity index (χ1n) is 12.2. The van der Waals surface area contributed by atoms with E-state index in [2.05, 4.69) is 15.7 Å². The van der Waals surface area contributed by atoms with E-state index in [1.54, 1.807) is 24.3 Å². The lowest BCUT2D eigenvalue weighted by atomic mass is 9.83. The van der Waals surface area contributed by atoms with Crippen molar-refractivity contribution in [2.45, 2.75) is 63.6 Å². The fourth-order valence-electron chi connectivity index (χ4n) is 4.46. The molecular formula is C25H32N4O6. The van der Waals surface area contributed by atoms with Crippen molar-refractivity contribution in [1.82, 2.24) is 20.4 Å². The normalized spacial score (nSPS) is 20.7. The highest BCUT2D eigenvalue weighted by Crippen LogP contribution is 2.30. The highest BCUT2D eigenvalue weighted by molar-refractivity contribution is 5.99. The molecule has 2 fully saturated rings. The number of methoxy groups -OCH3 is 1. The fraction of sp³-hybridized carbons (Fsp3) is 0.560. The predicted octanol–water partition coefficient (Wildman–Crippen LogP) is 1.94. The van der Waals surface area contributed by atoms with Crippen molar-refractivity contribution in [3.8, 4) is 0 Å². The molecule has 2 N–H and O–H groups in total. The molecule has 2 saturated carbocycles. The molecule has 0 aliphatic heterocycles. The quantitative estimate of drug-likeness (QED) is 0.466. The lowest BCUT2D eigenvalue weighted by Gasteiger charge is -2.32. The Morgan fingerprint density at radius 3 is 2.60 bits per heavy atom. The molecule has 0 saturated heterocycles. The summed E-state index contributed by atoms with van der Waals surface area (Å²) >= 11 is 0. The first kappa shape index (κ1) is 24.8. The van der Waals surface area contributed by atoms with Crippen molar-refractivity contribution >= 4 is 17.6 Å². The van der Waals surface area contributed by atoms with Crippen molar-refractivity contribution in [3.05, 3.63) is 52.3 Å². The Morgan fingerprint density at radius 2 is 1.89 bits per heavy atom. The van der Waals surface area contributed by atoms with E-state index in [4.69, 9.17) is 9.15 Å². The van der Waals surface area contributed by atoms with Crippen LogP contribution >= 0.6 is 0 Å². The maximum atomic E-state index is 13.3. The van der Waals surface area contributed by atoms with E-state index >= 15 is 0 Å². The monoisotopic (exact) mass is 484 g/mol. The largest absolute Gasteiger partial charge is 0.437 e. The van der Waals surface area contributed by atoms with Gasteiger partial charge in [-0.3, -0.25) is 14.4 Å². The van der Waals surface area contributed by atoms with Crippen LogP contribution in [0.1, 0.15) is 66.0 Å². The number of Topliss-reactive ketones (excluding diaryl/α,β-unsaturated/α-hetero) is 1. The second-order valence-corrected chi connectivity index (χ2v) is 9.34. The number of carbonyl (C=O) groups is 3. The summed E-state index contributed by atoms with van der Waals surface area (Å²) < 4.78 is 11.4. The molecule has 10 heteroatoms. The number of carbonyl (C=O) groups excluding carboxylic acids is 3. The van der Waals surface area contributed by atoms with Crippen molar-refractivity contribution < 1.29 is 23.5 Å². The second-order valence-electron chi connectivity index (χ2n) is 9.34. The van der Waals surface area contributed by atoms with Gasteiger partial charge in [-0.05, 0) is 50.2 Å². The van der Waals surface area contributed by atoms with Gasteiger partial charge in [-0.25, -0.2) is 4.79 Å². The van der Waals surface area contributed by atoms with Crippen LogP contribution in [0.4, 0.5) is 0 Å². The Kier molecular flexibility index (Phi) is 8.12. The number of nitrogens with zero attached hydrogens (tertiary/aromatic N) is 2. The van der Waals surface area contributed by atoms with Crippen LogP contribution in [-0.2, 0) is 16.1 Å². The summed E-state index contributed by atoms with van der Waals surface area (Å²) in [5.74, 6) is -2.19. The molecule has 2 aliphatic carbocycles. The van der Waals surface area contributed by atoms with E-state index in [-0.39, 0.29) is 36.8 Å². The Morgan fingerprint density at radius 1 is 1.14 bits per heavy atom. The summed E-state index contributed by atoms with van der Waals surface area (Å²) in [4.78, 5) is 51.2. The van der Waals surface area contributed by atoms with E-state index in [9.17, 15) is 19.2 Å². The van der Waals surface area contributed by atoms with Crippen LogP contribution in [0.15, 0.2) is 39.5 Å². The fourth-order valence-corrected chi connectivity index (χ4v) is 4.46. The van der Waals surface area contributed by atoms with Gasteiger partial charge in [0, 0.05) is 25.3 Å². The van der Waals surface area contributed by atoms with Crippen molar-refractivity contribution in [3.63, 3.8) is 0 Å². The molecule has 188 valence electrons. The topological polar surface area (TPSA) is 133 Å². The highest BCUT2D eigenvalue weighted by Gasteiger charge is 2.35. The maximum absolute atomic E-state index is 13.3. The Balaban J connectivity index is 1.44. The van der Waals surface area contributed by atoms with Crippen LogP contribution in [-0.4, -0.2) is 53.2 Å². The second kappa shape index (κ2) is 11.4. The average Bonchev–Trinajstić information content (AvgIpc) is 3.62. The number of nitrogens with one attached hydrogen (secondary N) is 2. The molecule has 0 spiro atoms. The van der Waals surface area contributed by atoms with Gasteiger partial charge in [-0.2, -0.15) is 4.68 Å². The van der Waals surface area contributed by atoms with Gasteiger partial charge in [0.2, 0.25) is 11.7 Å². The van der Waals surface area contributed by atoms with E-state index in [0.717, 1.165) is 25.7 Å². The molecule has 1 aromatic heterocycles. The number of aromatic nitrogens is 2. The maximum Gasteiger partial charge on any atom is 0.437 e. The van der Waals surface area contributed by atoms with Gasteiger partial charge in [-0.1, -0.05) is 31.0 Å². The Labute approximate surface area is 203 Å². The summed E-state index contributed by atoms with van der Waals surface area (Å²) in [5, 5.41) is 9.87. The van der Waals surface area contributed by atoms with E-state index in [1.165, 1.54) is 11.8 Å². The van der Waals surface area contributed by atoms with Gasteiger partial charge in [0.1, 0.15) is 0 Å². The summed E-state index contributed by atoms with van der Waals surface area (Å²) in [7, 11) is 1.50. The Bertz CT molecular complexity index is 1090. The van der Waals surface area contributed by atoms with Crippen LogP contribution in [0, 0.1) is 11.8 Å². The molecule has 0 unspecified atom stereocenters. The Hall–Kier alpha value is -3.27. The number of amides is 2. The minimum Gasteiger partial charge on any atom is -0.385 e. The SMILES string of the molecule is COCC[C@H](NC(=O)[C@@H]1CCCC[C@@H]1NC(=O)c1ccccc1)C(=O)c1nn(CC2CC2)c(=O)o1. The van der Waals surface area contributed by atoms with Crippen molar-refractivity contribution in [1.29, 1.82) is 0 Å². The molecule has 2 aliphatic rings. The molecular weight excluding hydrogens is 452 g/mol. The number of hydrogen-bond acceptors (Lipinski definition) is 7. The van der Waals surface area contributed by atoms with Crippen molar-refractivity contribution in [2.24, 2.45) is 11.8 Å². The lowest BCUT2D eigenvalue weighted by molar-refractivity contribution is -0.127. The van der Waals surface area contributed by atoms with E-state index in [1.807, 2.05) is 6.07 Å². The van der Waals surface area contributed by atoms with Gasteiger partial charge in [0.15, 0.2) is 0 Å².